The van der Waals surface area contributed by atoms with Gasteiger partial charge in [-0.15, -0.1) is 0 Å². The third-order valence-corrected chi connectivity index (χ3v) is 1.90. The number of hydrogen-bond donors (Lipinski definition) is 2. The summed E-state index contributed by atoms with van der Waals surface area (Å²) in [6.07, 6.45) is 1.52. The van der Waals surface area contributed by atoms with Crippen LogP contribution in [0.4, 0.5) is 0 Å². The van der Waals surface area contributed by atoms with Crippen LogP contribution in [0.3, 0.4) is 0 Å². The molecule has 74 valence electrons. The Morgan fingerprint density at radius 2 is 1.93 bits per heavy atom. The average molecular weight is 194 g/mol. The van der Waals surface area contributed by atoms with Gasteiger partial charge in [0.2, 0.25) is 0 Å². The average Bonchev–Trinajstić information content (AvgIpc) is 2.16. The largest absolute Gasteiger partial charge is 0.365 e. The number of aryl methyl sites for hydroxylation is 1. The van der Waals surface area contributed by atoms with E-state index in [2.05, 4.69) is 0 Å². The second kappa shape index (κ2) is 3.87. The maximum absolute atomic E-state index is 10.9. The number of primary amides is 2. The molecule has 0 aliphatic carbocycles. The third-order valence-electron chi connectivity index (χ3n) is 1.90. The molecule has 1 rings (SSSR count). The summed E-state index contributed by atoms with van der Waals surface area (Å²) >= 11 is 0. The van der Waals surface area contributed by atoms with Gasteiger partial charge in [-0.05, 0) is 13.0 Å². The maximum Gasteiger partial charge on any atom is 0.313 e. The van der Waals surface area contributed by atoms with Crippen molar-refractivity contribution in [1.29, 1.82) is 0 Å². The lowest BCUT2D eigenvalue weighted by Crippen LogP contribution is -2.42. The monoisotopic (exact) mass is 194 g/mol. The number of hydrogen-bond acceptors (Lipinski definition) is 2. The van der Waals surface area contributed by atoms with E-state index < -0.39 is 11.8 Å². The minimum atomic E-state index is -0.525. The zero-order valence-electron chi connectivity index (χ0n) is 7.86. The molecule has 5 nitrogen and oxygen atoms in total. The van der Waals surface area contributed by atoms with Gasteiger partial charge in [-0.2, -0.15) is 4.57 Å². The van der Waals surface area contributed by atoms with Crippen molar-refractivity contribution in [2.75, 3.05) is 0 Å². The normalized spacial score (nSPS) is 9.79. The second-order valence-corrected chi connectivity index (χ2v) is 2.82. The van der Waals surface area contributed by atoms with Gasteiger partial charge in [0.1, 0.15) is 12.1 Å². The highest BCUT2D eigenvalue weighted by atomic mass is 16.1. The summed E-state index contributed by atoms with van der Waals surface area (Å²) in [6.45, 7) is 2.40. The third kappa shape index (κ3) is 1.87. The van der Waals surface area contributed by atoms with Crippen molar-refractivity contribution in [1.82, 2.24) is 0 Å². The Bertz CT molecular complexity index is 388. The molecule has 0 atom stereocenters. The van der Waals surface area contributed by atoms with Gasteiger partial charge >= 0.3 is 5.91 Å². The van der Waals surface area contributed by atoms with Crippen molar-refractivity contribution in [3.63, 3.8) is 0 Å². The molecule has 14 heavy (non-hydrogen) atoms. The van der Waals surface area contributed by atoms with Crippen LogP contribution in [0.5, 0.6) is 0 Å². The molecule has 0 spiro atoms. The van der Waals surface area contributed by atoms with Crippen molar-refractivity contribution in [3.05, 3.63) is 29.6 Å². The standard InChI is InChI=1S/C9H11N3O2/c1-2-12-5-6(8(10)13)3-4-7(12)9(11)14/h3-5H,2H2,1H3,(H3-,10,11,13,14)/p+1. The van der Waals surface area contributed by atoms with Crippen LogP contribution in [0, 0.1) is 0 Å². The maximum atomic E-state index is 10.9. The first-order chi connectivity index (χ1) is 6.56. The van der Waals surface area contributed by atoms with Gasteiger partial charge in [0.15, 0.2) is 6.20 Å². The number of rotatable bonds is 3. The van der Waals surface area contributed by atoms with E-state index >= 15 is 0 Å². The van der Waals surface area contributed by atoms with Crippen molar-refractivity contribution in [2.24, 2.45) is 11.5 Å². The minimum Gasteiger partial charge on any atom is -0.365 e. The molecule has 0 saturated carbocycles. The van der Waals surface area contributed by atoms with Crippen LogP contribution in [-0.4, -0.2) is 11.8 Å². The first kappa shape index (κ1) is 10.2. The van der Waals surface area contributed by atoms with Crippen LogP contribution in [-0.2, 0) is 6.54 Å². The number of amides is 2. The quantitative estimate of drug-likeness (QED) is 0.616. The number of aromatic nitrogens is 1. The van der Waals surface area contributed by atoms with Crippen molar-refractivity contribution < 1.29 is 14.2 Å². The Morgan fingerprint density at radius 3 is 2.36 bits per heavy atom. The van der Waals surface area contributed by atoms with E-state index in [9.17, 15) is 9.59 Å². The highest BCUT2D eigenvalue weighted by Crippen LogP contribution is 1.97. The Labute approximate surface area is 81.3 Å². The second-order valence-electron chi connectivity index (χ2n) is 2.82. The highest BCUT2D eigenvalue weighted by Gasteiger charge is 2.16. The predicted octanol–water partition coefficient (Wildman–Crippen LogP) is -0.808. The number of nitrogens with zero attached hydrogens (tertiary/aromatic N) is 1. The van der Waals surface area contributed by atoms with E-state index in [4.69, 9.17) is 11.5 Å². The van der Waals surface area contributed by atoms with Crippen molar-refractivity contribution in [3.8, 4) is 0 Å². The molecule has 1 aromatic rings. The fourth-order valence-electron chi connectivity index (χ4n) is 1.18. The summed E-state index contributed by atoms with van der Waals surface area (Å²) in [5.41, 5.74) is 11.0. The lowest BCUT2D eigenvalue weighted by molar-refractivity contribution is -0.695. The lowest BCUT2D eigenvalue weighted by atomic mass is 10.2. The Kier molecular flexibility index (Phi) is 2.81. The lowest BCUT2D eigenvalue weighted by Gasteiger charge is -1.99. The summed E-state index contributed by atoms with van der Waals surface area (Å²) in [7, 11) is 0. The number of carbonyl (C=O) groups is 2. The molecule has 0 fully saturated rings. The van der Waals surface area contributed by atoms with Gasteiger partial charge in [0, 0.05) is 6.07 Å². The van der Waals surface area contributed by atoms with Gasteiger partial charge < -0.3 is 11.5 Å². The summed E-state index contributed by atoms with van der Waals surface area (Å²) in [4.78, 5) is 21.8. The molecular formula is C9H12N3O2+. The van der Waals surface area contributed by atoms with E-state index in [0.717, 1.165) is 0 Å². The van der Waals surface area contributed by atoms with Crippen molar-refractivity contribution >= 4 is 11.8 Å². The van der Waals surface area contributed by atoms with Crippen molar-refractivity contribution in [2.45, 2.75) is 13.5 Å². The van der Waals surface area contributed by atoms with Crippen LogP contribution < -0.4 is 16.0 Å². The molecule has 0 aliphatic rings. The molecule has 1 aromatic heterocycles. The number of nitrogens with two attached hydrogens (primary N) is 2. The van der Waals surface area contributed by atoms with Crippen LogP contribution in [0.15, 0.2) is 18.3 Å². The van der Waals surface area contributed by atoms with Crippen LogP contribution in [0.1, 0.15) is 27.8 Å². The van der Waals surface area contributed by atoms with Gasteiger partial charge in [-0.3, -0.25) is 9.59 Å². The van der Waals surface area contributed by atoms with Gasteiger partial charge in [-0.1, -0.05) is 0 Å². The summed E-state index contributed by atoms with van der Waals surface area (Å²) in [5.74, 6) is -1.05. The van der Waals surface area contributed by atoms with E-state index in [0.29, 0.717) is 17.8 Å². The SMILES string of the molecule is CC[n+]1cc(C(N)=O)ccc1C(N)=O. The summed E-state index contributed by atoms with van der Waals surface area (Å²) < 4.78 is 1.59. The minimum absolute atomic E-state index is 0.358. The van der Waals surface area contributed by atoms with Gasteiger partial charge in [0.25, 0.3) is 11.6 Å². The molecule has 5 heteroatoms. The number of carbonyl (C=O) groups excluding carboxylic acids is 2. The summed E-state index contributed by atoms with van der Waals surface area (Å²) in [5, 5.41) is 0. The highest BCUT2D eigenvalue weighted by molar-refractivity contribution is 5.93. The van der Waals surface area contributed by atoms with E-state index in [1.54, 1.807) is 4.57 Å². The molecule has 4 N–H and O–H groups in total. The molecule has 0 saturated heterocycles. The number of pyridine rings is 1. The Hall–Kier alpha value is -1.91. The topological polar surface area (TPSA) is 90.1 Å². The molecule has 0 bridgehead atoms. The Morgan fingerprint density at radius 1 is 1.29 bits per heavy atom. The van der Waals surface area contributed by atoms with Gasteiger partial charge in [0.05, 0.1) is 0 Å². The summed E-state index contributed by atoms with van der Waals surface area (Å²) in [6, 6.07) is 2.97. The van der Waals surface area contributed by atoms with Gasteiger partial charge in [-0.25, -0.2) is 0 Å². The molecule has 0 radical (unpaired) electrons. The molecule has 2 amide bonds. The zero-order valence-corrected chi connectivity index (χ0v) is 7.86. The molecule has 0 unspecified atom stereocenters. The fraction of sp³-hybridized carbons (Fsp3) is 0.222. The van der Waals surface area contributed by atoms with Crippen LogP contribution in [0.25, 0.3) is 0 Å². The first-order valence-electron chi connectivity index (χ1n) is 4.19. The predicted molar refractivity (Wildman–Crippen MR) is 49.3 cm³/mol. The molecular weight excluding hydrogens is 182 g/mol. The van der Waals surface area contributed by atoms with Crippen LogP contribution >= 0.6 is 0 Å². The Balaban J connectivity index is 3.25. The van der Waals surface area contributed by atoms with E-state index in [1.165, 1.54) is 18.3 Å². The van der Waals surface area contributed by atoms with Crippen LogP contribution in [0.2, 0.25) is 0 Å². The smallest absolute Gasteiger partial charge is 0.313 e. The molecule has 1 heterocycles. The van der Waals surface area contributed by atoms with E-state index in [-0.39, 0.29) is 0 Å². The fourth-order valence-corrected chi connectivity index (χ4v) is 1.18. The van der Waals surface area contributed by atoms with E-state index in [1.807, 2.05) is 6.92 Å². The first-order valence-corrected chi connectivity index (χ1v) is 4.19. The zero-order chi connectivity index (χ0) is 10.7. The molecule has 0 aromatic carbocycles. The molecule has 0 aliphatic heterocycles.